The van der Waals surface area contributed by atoms with Crippen LogP contribution in [0.1, 0.15) is 27.2 Å². The van der Waals surface area contributed by atoms with E-state index in [4.69, 9.17) is 109 Å². The Morgan fingerprint density at radius 2 is 0.347 bits per heavy atom. The molecule has 0 spiro atoms. The van der Waals surface area contributed by atoms with Crippen LogP contribution in [0.25, 0.3) is 0 Å². The fraction of sp³-hybridized carbons (Fsp3) is 0.980. The highest BCUT2D eigenvalue weighted by molar-refractivity contribution is 5.75. The summed E-state index contributed by atoms with van der Waals surface area (Å²) >= 11 is 0. The summed E-state index contributed by atoms with van der Waals surface area (Å²) in [4.78, 5) is 11.9. The van der Waals surface area contributed by atoms with Gasteiger partial charge in [-0.25, -0.2) is 0 Å². The van der Waals surface area contributed by atoms with Crippen molar-refractivity contribution in [1.82, 2.24) is 0 Å². The van der Waals surface area contributed by atoms with Crippen molar-refractivity contribution in [3.63, 3.8) is 0 Å². The second kappa shape index (κ2) is 65.1. The van der Waals surface area contributed by atoms with Crippen LogP contribution < -0.4 is 0 Å². The summed E-state index contributed by atoms with van der Waals surface area (Å²) in [6.45, 7) is 27.1. The fourth-order valence-electron chi connectivity index (χ4n) is 5.18. The third-order valence-corrected chi connectivity index (χ3v) is 9.77. The van der Waals surface area contributed by atoms with E-state index < -0.39 is 5.41 Å². The summed E-state index contributed by atoms with van der Waals surface area (Å²) in [5.74, 6) is -0.205. The molecule has 24 heteroatoms. The highest BCUT2D eigenvalue weighted by Gasteiger charge is 2.26. The van der Waals surface area contributed by atoms with Crippen LogP contribution in [-0.4, -0.2) is 304 Å². The van der Waals surface area contributed by atoms with Crippen LogP contribution in [0.15, 0.2) is 0 Å². The molecule has 0 saturated heterocycles. The van der Waals surface area contributed by atoms with Crippen molar-refractivity contribution in [2.45, 2.75) is 27.2 Å². The Kier molecular flexibility index (Phi) is 63.9. The number of carbonyl (C=O) groups excluding carboxylic acids is 1. The average Bonchev–Trinajstić information content (AvgIpc) is 3.41. The Hall–Kier alpha value is -1.41. The maximum absolute atomic E-state index is 11.9. The smallest absolute Gasteiger partial charge is 0.311 e. The Morgan fingerprint density at radius 3 is 0.467 bits per heavy atom. The summed E-state index contributed by atoms with van der Waals surface area (Å²) in [6.07, 6.45) is 0.730. The van der Waals surface area contributed by atoms with Crippen LogP contribution in [0.3, 0.4) is 0 Å². The van der Waals surface area contributed by atoms with E-state index in [1.54, 1.807) is 7.11 Å². The predicted octanol–water partition coefficient (Wildman–Crippen LogP) is 1.96. The quantitative estimate of drug-likeness (QED) is 0.0626. The first kappa shape index (κ1) is 73.6. The monoisotopic (exact) mass is 1100 g/mol. The minimum atomic E-state index is -0.465. The molecule has 0 heterocycles. The third kappa shape index (κ3) is 63.3. The zero-order valence-electron chi connectivity index (χ0n) is 46.6. The molecule has 0 radical (unpaired) electrons. The molecule has 0 saturated carbocycles. The predicted molar refractivity (Wildman–Crippen MR) is 274 cm³/mol. The summed E-state index contributed by atoms with van der Waals surface area (Å²) in [6, 6.07) is 0. The zero-order valence-corrected chi connectivity index (χ0v) is 46.6. The van der Waals surface area contributed by atoms with Crippen molar-refractivity contribution in [2.75, 3.05) is 298 Å². The lowest BCUT2D eigenvalue weighted by Crippen LogP contribution is -2.27. The van der Waals surface area contributed by atoms with Crippen LogP contribution in [0.4, 0.5) is 0 Å². The van der Waals surface area contributed by atoms with Gasteiger partial charge in [-0.05, 0) is 20.3 Å². The van der Waals surface area contributed by atoms with Gasteiger partial charge in [-0.2, -0.15) is 0 Å². The highest BCUT2D eigenvalue weighted by atomic mass is 16.6. The number of methoxy groups -OCH3 is 1. The second-order valence-electron chi connectivity index (χ2n) is 16.2. The molecule has 0 rings (SSSR count). The molecule has 0 aliphatic rings. The normalized spacial score (nSPS) is 11.9. The molecule has 0 aliphatic carbocycles. The van der Waals surface area contributed by atoms with E-state index in [0.29, 0.717) is 284 Å². The fourth-order valence-corrected chi connectivity index (χ4v) is 5.18. The molecule has 450 valence electrons. The average molecular weight is 1100 g/mol. The van der Waals surface area contributed by atoms with Crippen molar-refractivity contribution in [3.05, 3.63) is 0 Å². The topological polar surface area (TPSA) is 229 Å². The molecule has 24 nitrogen and oxygen atoms in total. The first-order valence-electron chi connectivity index (χ1n) is 26.8. The molecule has 75 heavy (non-hydrogen) atoms. The second-order valence-corrected chi connectivity index (χ2v) is 16.2. The standard InChI is InChI=1S/C51H102O24/c1-5-51(2,3)50(52)75-49-48-74-47-46-73-45-44-72-43-42-71-41-40-70-39-38-69-37-36-68-35-34-67-33-32-66-31-30-65-29-28-64-27-26-63-25-24-62-23-22-61-21-20-60-19-18-59-17-16-58-15-14-57-13-12-56-11-10-55-9-8-54-7-6-53-4/h5-49H2,1-4H3. The SMILES string of the molecule is CCC(C)(C)C(=O)OCCOCCOCCOCCOCCOCCOCCOCCOCCOCCOCCOCCOCCOCCOCCOCCOCCOCCOCCOCCOCCOCCOC. The largest absolute Gasteiger partial charge is 0.463 e. The van der Waals surface area contributed by atoms with E-state index >= 15 is 0 Å². The first-order valence-corrected chi connectivity index (χ1v) is 26.8. The Bertz CT molecular complexity index is 1070. The van der Waals surface area contributed by atoms with Gasteiger partial charge in [0.15, 0.2) is 0 Å². The van der Waals surface area contributed by atoms with Gasteiger partial charge >= 0.3 is 5.97 Å². The van der Waals surface area contributed by atoms with Crippen LogP contribution in [0, 0.1) is 5.41 Å². The molecule has 0 atom stereocenters. The highest BCUT2D eigenvalue weighted by Crippen LogP contribution is 2.21. The summed E-state index contributed by atoms with van der Waals surface area (Å²) < 4.78 is 125. The van der Waals surface area contributed by atoms with Gasteiger partial charge in [0.05, 0.1) is 290 Å². The Labute approximate surface area is 449 Å². The van der Waals surface area contributed by atoms with Crippen molar-refractivity contribution < 1.29 is 114 Å². The molecular weight excluding hydrogens is 997 g/mol. The van der Waals surface area contributed by atoms with Gasteiger partial charge in [0.25, 0.3) is 0 Å². The van der Waals surface area contributed by atoms with E-state index in [9.17, 15) is 4.79 Å². The molecule has 0 aromatic heterocycles. The number of hydrogen-bond donors (Lipinski definition) is 0. The molecule has 0 aromatic rings. The van der Waals surface area contributed by atoms with Gasteiger partial charge < -0.3 is 109 Å². The minimum absolute atomic E-state index is 0.205. The first-order chi connectivity index (χ1) is 37.0. The third-order valence-electron chi connectivity index (χ3n) is 9.77. The molecule has 0 unspecified atom stereocenters. The van der Waals surface area contributed by atoms with E-state index in [1.165, 1.54) is 0 Å². The lowest BCUT2D eigenvalue weighted by Gasteiger charge is -2.20. The van der Waals surface area contributed by atoms with Gasteiger partial charge in [-0.15, -0.1) is 0 Å². The van der Waals surface area contributed by atoms with Gasteiger partial charge in [0.1, 0.15) is 6.61 Å². The van der Waals surface area contributed by atoms with E-state index in [2.05, 4.69) is 0 Å². The van der Waals surface area contributed by atoms with Crippen molar-refractivity contribution in [3.8, 4) is 0 Å². The Balaban J connectivity index is 3.10. The van der Waals surface area contributed by atoms with Crippen LogP contribution >= 0.6 is 0 Å². The molecule has 0 aromatic carbocycles. The number of ether oxygens (including phenoxy) is 23. The van der Waals surface area contributed by atoms with E-state index in [0.717, 1.165) is 6.42 Å². The molecular formula is C51H102O24. The van der Waals surface area contributed by atoms with Crippen LogP contribution in [0.2, 0.25) is 0 Å². The molecule has 0 aliphatic heterocycles. The number of esters is 1. The molecule has 0 N–H and O–H groups in total. The number of hydrogen-bond acceptors (Lipinski definition) is 24. The lowest BCUT2D eigenvalue weighted by atomic mass is 9.91. The maximum atomic E-state index is 11.9. The summed E-state index contributed by atoms with van der Waals surface area (Å²) in [5.41, 5.74) is -0.465. The summed E-state index contributed by atoms with van der Waals surface area (Å²) in [7, 11) is 1.64. The van der Waals surface area contributed by atoms with Gasteiger partial charge in [-0.3, -0.25) is 4.79 Å². The summed E-state index contributed by atoms with van der Waals surface area (Å²) in [5, 5.41) is 0. The van der Waals surface area contributed by atoms with Crippen molar-refractivity contribution >= 4 is 5.97 Å². The van der Waals surface area contributed by atoms with Crippen molar-refractivity contribution in [2.24, 2.45) is 5.41 Å². The molecule has 0 fully saturated rings. The molecule has 0 bridgehead atoms. The van der Waals surface area contributed by atoms with E-state index in [1.807, 2.05) is 20.8 Å². The van der Waals surface area contributed by atoms with Gasteiger partial charge in [-0.1, -0.05) is 6.92 Å². The van der Waals surface area contributed by atoms with E-state index in [-0.39, 0.29) is 12.6 Å². The lowest BCUT2D eigenvalue weighted by molar-refractivity contribution is -0.155. The number of rotatable bonds is 68. The maximum Gasteiger partial charge on any atom is 0.311 e. The Morgan fingerprint density at radius 1 is 0.227 bits per heavy atom. The zero-order chi connectivity index (χ0) is 54.2. The van der Waals surface area contributed by atoms with Gasteiger partial charge in [0.2, 0.25) is 0 Å². The molecule has 0 amide bonds. The van der Waals surface area contributed by atoms with Gasteiger partial charge in [0, 0.05) is 7.11 Å². The van der Waals surface area contributed by atoms with Crippen LogP contribution in [-0.2, 0) is 114 Å². The van der Waals surface area contributed by atoms with Crippen LogP contribution in [0.5, 0.6) is 0 Å². The number of carbonyl (C=O) groups is 1. The van der Waals surface area contributed by atoms with Crippen molar-refractivity contribution in [1.29, 1.82) is 0 Å². The minimum Gasteiger partial charge on any atom is -0.463 e.